The van der Waals surface area contributed by atoms with E-state index in [0.29, 0.717) is 37.8 Å². The monoisotopic (exact) mass is 309 g/mol. The normalized spacial score (nSPS) is 23.3. The molecule has 2 fully saturated rings. The molecular weight excluding hydrogens is 278 g/mol. The highest BCUT2D eigenvalue weighted by Crippen LogP contribution is 2.28. The number of nitrogens with zero attached hydrogens (tertiary/aromatic N) is 1. The standard InChI is InChI=1S/C17H31N3O2/c18-10-9-16(21)19-13-15-8-4-5-11-20(15)17(22)12-14-6-2-1-3-7-14/h14-15H,1-13,18H2,(H,19,21). The summed E-state index contributed by atoms with van der Waals surface area (Å²) in [6.07, 6.45) is 10.6. The van der Waals surface area contributed by atoms with Crippen molar-refractivity contribution in [2.75, 3.05) is 19.6 Å². The van der Waals surface area contributed by atoms with Crippen molar-refractivity contribution in [2.24, 2.45) is 11.7 Å². The number of nitrogens with one attached hydrogen (secondary N) is 1. The lowest BCUT2D eigenvalue weighted by atomic mass is 9.86. The van der Waals surface area contributed by atoms with Crippen LogP contribution in [0, 0.1) is 5.92 Å². The van der Waals surface area contributed by atoms with Crippen molar-refractivity contribution in [3.05, 3.63) is 0 Å². The number of likely N-dealkylation sites (tertiary alicyclic amines) is 1. The number of rotatable bonds is 6. The maximum Gasteiger partial charge on any atom is 0.223 e. The van der Waals surface area contributed by atoms with Crippen molar-refractivity contribution in [2.45, 2.75) is 70.3 Å². The van der Waals surface area contributed by atoms with Gasteiger partial charge in [0.05, 0.1) is 0 Å². The lowest BCUT2D eigenvalue weighted by Gasteiger charge is -2.37. The Labute approximate surface area is 134 Å². The summed E-state index contributed by atoms with van der Waals surface area (Å²) < 4.78 is 0. The van der Waals surface area contributed by atoms with E-state index in [4.69, 9.17) is 5.73 Å². The minimum absolute atomic E-state index is 0.00671. The second-order valence-electron chi connectivity index (χ2n) is 6.79. The van der Waals surface area contributed by atoms with Gasteiger partial charge in [0.25, 0.3) is 0 Å². The van der Waals surface area contributed by atoms with Crippen LogP contribution in [0.1, 0.15) is 64.2 Å². The maximum atomic E-state index is 12.6. The molecule has 0 spiro atoms. The van der Waals surface area contributed by atoms with E-state index >= 15 is 0 Å². The van der Waals surface area contributed by atoms with Gasteiger partial charge in [0, 0.05) is 38.5 Å². The number of hydrogen-bond acceptors (Lipinski definition) is 3. The van der Waals surface area contributed by atoms with Crippen molar-refractivity contribution in [3.63, 3.8) is 0 Å². The molecule has 0 radical (unpaired) electrons. The topological polar surface area (TPSA) is 75.4 Å². The number of carbonyl (C=O) groups is 2. The van der Waals surface area contributed by atoms with Gasteiger partial charge in [-0.15, -0.1) is 0 Å². The van der Waals surface area contributed by atoms with Crippen LogP contribution >= 0.6 is 0 Å². The Hall–Kier alpha value is -1.10. The Morgan fingerprint density at radius 3 is 2.50 bits per heavy atom. The van der Waals surface area contributed by atoms with Gasteiger partial charge in [0.15, 0.2) is 0 Å². The van der Waals surface area contributed by atoms with E-state index in [9.17, 15) is 9.59 Å². The zero-order valence-electron chi connectivity index (χ0n) is 13.7. The molecule has 0 aromatic rings. The Morgan fingerprint density at radius 1 is 1.05 bits per heavy atom. The lowest BCUT2D eigenvalue weighted by Crippen LogP contribution is -2.49. The number of piperidine rings is 1. The number of hydrogen-bond donors (Lipinski definition) is 2. The van der Waals surface area contributed by atoms with Crippen molar-refractivity contribution in [1.29, 1.82) is 0 Å². The fraction of sp³-hybridized carbons (Fsp3) is 0.882. The molecule has 5 heteroatoms. The van der Waals surface area contributed by atoms with Gasteiger partial charge in [-0.1, -0.05) is 19.3 Å². The molecule has 5 nitrogen and oxygen atoms in total. The molecular formula is C17H31N3O2. The SMILES string of the molecule is NCCC(=O)NCC1CCCCN1C(=O)CC1CCCCC1. The molecule has 1 heterocycles. The molecule has 1 aliphatic carbocycles. The van der Waals surface area contributed by atoms with Gasteiger partial charge in [-0.3, -0.25) is 9.59 Å². The first-order valence-corrected chi connectivity index (χ1v) is 8.97. The van der Waals surface area contributed by atoms with Gasteiger partial charge >= 0.3 is 0 Å². The summed E-state index contributed by atoms with van der Waals surface area (Å²) in [6, 6.07) is 0.173. The summed E-state index contributed by atoms with van der Waals surface area (Å²) in [4.78, 5) is 26.3. The predicted molar refractivity (Wildman–Crippen MR) is 87.2 cm³/mol. The van der Waals surface area contributed by atoms with Crippen LogP contribution in [0.15, 0.2) is 0 Å². The summed E-state index contributed by atoms with van der Waals surface area (Å²) >= 11 is 0. The van der Waals surface area contributed by atoms with Crippen LogP contribution < -0.4 is 11.1 Å². The molecule has 3 N–H and O–H groups in total. The van der Waals surface area contributed by atoms with Crippen LogP contribution in [-0.4, -0.2) is 42.4 Å². The fourth-order valence-electron chi connectivity index (χ4n) is 3.75. The highest BCUT2D eigenvalue weighted by molar-refractivity contribution is 5.78. The highest BCUT2D eigenvalue weighted by Gasteiger charge is 2.28. The summed E-state index contributed by atoms with van der Waals surface area (Å²) in [6.45, 7) is 1.80. The van der Waals surface area contributed by atoms with E-state index < -0.39 is 0 Å². The molecule has 2 rings (SSSR count). The predicted octanol–water partition coefficient (Wildman–Crippen LogP) is 1.80. The average Bonchev–Trinajstić information content (AvgIpc) is 2.54. The van der Waals surface area contributed by atoms with Gasteiger partial charge in [-0.25, -0.2) is 0 Å². The largest absolute Gasteiger partial charge is 0.354 e. The molecule has 126 valence electrons. The number of nitrogens with two attached hydrogens (primary N) is 1. The first-order valence-electron chi connectivity index (χ1n) is 8.97. The molecule has 1 aliphatic heterocycles. The van der Waals surface area contributed by atoms with E-state index in [1.807, 2.05) is 4.90 Å². The minimum Gasteiger partial charge on any atom is -0.354 e. The van der Waals surface area contributed by atoms with Gasteiger partial charge < -0.3 is 16.0 Å². The third-order valence-corrected chi connectivity index (χ3v) is 5.04. The van der Waals surface area contributed by atoms with Crippen LogP contribution in [0.25, 0.3) is 0 Å². The van der Waals surface area contributed by atoms with E-state index in [-0.39, 0.29) is 11.9 Å². The zero-order chi connectivity index (χ0) is 15.8. The Morgan fingerprint density at radius 2 is 1.77 bits per heavy atom. The number of carbonyl (C=O) groups excluding carboxylic acids is 2. The van der Waals surface area contributed by atoms with Crippen molar-refractivity contribution >= 4 is 11.8 Å². The molecule has 1 saturated heterocycles. The maximum absolute atomic E-state index is 12.6. The molecule has 0 aromatic carbocycles. The van der Waals surface area contributed by atoms with Crippen LogP contribution in [0.5, 0.6) is 0 Å². The zero-order valence-corrected chi connectivity index (χ0v) is 13.7. The van der Waals surface area contributed by atoms with E-state index in [2.05, 4.69) is 5.32 Å². The molecule has 1 saturated carbocycles. The Kier molecular flexibility index (Phi) is 7.16. The quantitative estimate of drug-likeness (QED) is 0.785. The van der Waals surface area contributed by atoms with Crippen molar-refractivity contribution in [3.8, 4) is 0 Å². The van der Waals surface area contributed by atoms with E-state index in [1.54, 1.807) is 0 Å². The first-order chi connectivity index (χ1) is 10.7. The third-order valence-electron chi connectivity index (χ3n) is 5.04. The molecule has 1 atom stereocenters. The van der Waals surface area contributed by atoms with Crippen molar-refractivity contribution in [1.82, 2.24) is 10.2 Å². The smallest absolute Gasteiger partial charge is 0.223 e. The van der Waals surface area contributed by atoms with Crippen LogP contribution in [0.4, 0.5) is 0 Å². The molecule has 2 aliphatic rings. The van der Waals surface area contributed by atoms with Crippen molar-refractivity contribution < 1.29 is 9.59 Å². The molecule has 1 unspecified atom stereocenters. The van der Waals surface area contributed by atoms with Crippen LogP contribution in [0.3, 0.4) is 0 Å². The Balaban J connectivity index is 1.82. The molecule has 2 amide bonds. The summed E-state index contributed by atoms with van der Waals surface area (Å²) in [7, 11) is 0. The molecule has 22 heavy (non-hydrogen) atoms. The third kappa shape index (κ3) is 5.27. The minimum atomic E-state index is -0.00671. The summed E-state index contributed by atoms with van der Waals surface area (Å²) in [5, 5.41) is 2.93. The van der Waals surface area contributed by atoms with Crippen LogP contribution in [-0.2, 0) is 9.59 Å². The van der Waals surface area contributed by atoms with Crippen LogP contribution in [0.2, 0.25) is 0 Å². The second-order valence-corrected chi connectivity index (χ2v) is 6.79. The molecule has 0 bridgehead atoms. The summed E-state index contributed by atoms with van der Waals surface area (Å²) in [5.41, 5.74) is 5.39. The lowest BCUT2D eigenvalue weighted by molar-refractivity contribution is -0.136. The Bertz CT molecular complexity index is 367. The summed E-state index contributed by atoms with van der Waals surface area (Å²) in [5.74, 6) is 0.869. The van der Waals surface area contributed by atoms with Gasteiger partial charge in [-0.05, 0) is 38.0 Å². The van der Waals surface area contributed by atoms with E-state index in [0.717, 1.165) is 25.8 Å². The fourth-order valence-corrected chi connectivity index (χ4v) is 3.75. The van der Waals surface area contributed by atoms with Gasteiger partial charge in [0.2, 0.25) is 11.8 Å². The first kappa shape index (κ1) is 17.3. The molecule has 0 aromatic heterocycles. The van der Waals surface area contributed by atoms with Gasteiger partial charge in [0.1, 0.15) is 0 Å². The van der Waals surface area contributed by atoms with Gasteiger partial charge in [-0.2, -0.15) is 0 Å². The number of amides is 2. The average molecular weight is 309 g/mol. The highest BCUT2D eigenvalue weighted by atomic mass is 16.2. The second kappa shape index (κ2) is 9.13. The van der Waals surface area contributed by atoms with E-state index in [1.165, 1.54) is 32.1 Å².